The number of aromatic nitrogens is 1. The van der Waals surface area contributed by atoms with Gasteiger partial charge in [-0.15, -0.1) is 11.3 Å². The lowest BCUT2D eigenvalue weighted by Gasteiger charge is -2.07. The topological polar surface area (TPSA) is 51.2 Å². The number of methoxy groups -OCH3 is 1. The fourth-order valence-electron chi connectivity index (χ4n) is 3.05. The van der Waals surface area contributed by atoms with Crippen molar-refractivity contribution in [1.82, 2.24) is 4.98 Å². The maximum absolute atomic E-state index is 12.3. The summed E-state index contributed by atoms with van der Waals surface area (Å²) in [7, 11) is 1.62. The minimum atomic E-state index is -0.0489. The third-order valence-electron chi connectivity index (χ3n) is 4.43. The second-order valence-electron chi connectivity index (χ2n) is 6.53. The summed E-state index contributed by atoms with van der Waals surface area (Å²) in [6.45, 7) is 0. The van der Waals surface area contributed by atoms with Gasteiger partial charge in [0, 0.05) is 12.1 Å². The number of thiazole rings is 1. The van der Waals surface area contributed by atoms with E-state index in [4.69, 9.17) is 4.74 Å². The summed E-state index contributed by atoms with van der Waals surface area (Å²) in [6, 6.07) is 23.7. The zero-order valence-corrected chi connectivity index (χ0v) is 16.3. The van der Waals surface area contributed by atoms with Crippen LogP contribution >= 0.6 is 11.3 Å². The van der Waals surface area contributed by atoms with Gasteiger partial charge in [0.2, 0.25) is 5.91 Å². The van der Waals surface area contributed by atoms with Crippen molar-refractivity contribution in [2.24, 2.45) is 0 Å². The number of rotatable bonds is 6. The van der Waals surface area contributed by atoms with Gasteiger partial charge in [-0.05, 0) is 47.5 Å². The SMILES string of the molecule is COc1cccc(CC(=O)Nc2ccc(Cc3nc4ccccc4s3)cc2)c1. The van der Waals surface area contributed by atoms with Gasteiger partial charge in [-0.3, -0.25) is 4.79 Å². The lowest BCUT2D eigenvalue weighted by molar-refractivity contribution is -0.115. The number of amides is 1. The van der Waals surface area contributed by atoms with Crippen LogP contribution in [0.2, 0.25) is 0 Å². The smallest absolute Gasteiger partial charge is 0.228 e. The van der Waals surface area contributed by atoms with Gasteiger partial charge < -0.3 is 10.1 Å². The van der Waals surface area contributed by atoms with Crippen LogP contribution in [0.1, 0.15) is 16.1 Å². The summed E-state index contributed by atoms with van der Waals surface area (Å²) < 4.78 is 6.41. The van der Waals surface area contributed by atoms with E-state index in [1.165, 1.54) is 10.3 Å². The average molecular weight is 388 g/mol. The molecule has 1 heterocycles. The molecule has 140 valence electrons. The zero-order valence-electron chi connectivity index (χ0n) is 15.5. The molecule has 0 bridgehead atoms. The highest BCUT2D eigenvalue weighted by molar-refractivity contribution is 7.18. The first kappa shape index (κ1) is 18.2. The van der Waals surface area contributed by atoms with E-state index >= 15 is 0 Å². The molecule has 4 rings (SSSR count). The van der Waals surface area contributed by atoms with Crippen LogP contribution < -0.4 is 10.1 Å². The third-order valence-corrected chi connectivity index (χ3v) is 5.47. The number of benzene rings is 3. The quantitative estimate of drug-likeness (QED) is 0.501. The molecule has 4 aromatic rings. The Kier molecular flexibility index (Phi) is 5.35. The number of hydrogen-bond acceptors (Lipinski definition) is 4. The largest absolute Gasteiger partial charge is 0.497 e. The Bertz CT molecular complexity index is 1070. The van der Waals surface area contributed by atoms with Gasteiger partial charge in [-0.2, -0.15) is 0 Å². The van der Waals surface area contributed by atoms with Gasteiger partial charge in [-0.1, -0.05) is 36.4 Å². The van der Waals surface area contributed by atoms with Crippen molar-refractivity contribution in [2.75, 3.05) is 12.4 Å². The van der Waals surface area contributed by atoms with Crippen molar-refractivity contribution in [3.05, 3.63) is 88.9 Å². The fraction of sp³-hybridized carbons (Fsp3) is 0.130. The molecule has 5 heteroatoms. The predicted molar refractivity (Wildman–Crippen MR) is 114 cm³/mol. The molecule has 28 heavy (non-hydrogen) atoms. The van der Waals surface area contributed by atoms with Crippen molar-refractivity contribution in [2.45, 2.75) is 12.8 Å². The van der Waals surface area contributed by atoms with Crippen molar-refractivity contribution in [1.29, 1.82) is 0 Å². The van der Waals surface area contributed by atoms with Crippen LogP contribution in [0.15, 0.2) is 72.8 Å². The molecule has 0 saturated heterocycles. The molecule has 0 aliphatic rings. The highest BCUT2D eigenvalue weighted by Gasteiger charge is 2.07. The number of nitrogens with zero attached hydrogens (tertiary/aromatic N) is 1. The van der Waals surface area contributed by atoms with E-state index < -0.39 is 0 Å². The zero-order chi connectivity index (χ0) is 19.3. The highest BCUT2D eigenvalue weighted by Crippen LogP contribution is 2.24. The number of hydrogen-bond donors (Lipinski definition) is 1. The molecule has 0 spiro atoms. The number of ether oxygens (including phenoxy) is 1. The number of anilines is 1. The Morgan fingerprint density at radius 2 is 1.82 bits per heavy atom. The first-order valence-corrected chi connectivity index (χ1v) is 9.87. The second kappa shape index (κ2) is 8.23. The first-order chi connectivity index (χ1) is 13.7. The molecule has 3 aromatic carbocycles. The van der Waals surface area contributed by atoms with Crippen LogP contribution in [0.4, 0.5) is 5.69 Å². The number of carbonyl (C=O) groups is 1. The predicted octanol–water partition coefficient (Wildman–Crippen LogP) is 5.08. The minimum absolute atomic E-state index is 0.0489. The van der Waals surface area contributed by atoms with Crippen LogP contribution in [0, 0.1) is 0 Å². The van der Waals surface area contributed by atoms with Gasteiger partial charge in [0.05, 0.1) is 28.8 Å². The molecule has 1 amide bonds. The van der Waals surface area contributed by atoms with E-state index in [2.05, 4.69) is 16.4 Å². The van der Waals surface area contributed by atoms with Gasteiger partial charge in [0.1, 0.15) is 5.75 Å². The van der Waals surface area contributed by atoms with E-state index in [-0.39, 0.29) is 5.91 Å². The molecule has 0 fully saturated rings. The van der Waals surface area contributed by atoms with E-state index in [1.807, 2.05) is 66.7 Å². The average Bonchev–Trinajstić information content (AvgIpc) is 3.12. The van der Waals surface area contributed by atoms with Gasteiger partial charge in [-0.25, -0.2) is 4.98 Å². The monoisotopic (exact) mass is 388 g/mol. The van der Waals surface area contributed by atoms with E-state index in [1.54, 1.807) is 18.4 Å². The number of fused-ring (bicyclic) bond motifs is 1. The van der Waals surface area contributed by atoms with E-state index in [0.717, 1.165) is 33.9 Å². The molecule has 1 aromatic heterocycles. The molecule has 0 atom stereocenters. The number of para-hydroxylation sites is 1. The Labute approximate surface area is 167 Å². The maximum atomic E-state index is 12.3. The Balaban J connectivity index is 1.37. The summed E-state index contributed by atoms with van der Waals surface area (Å²) in [4.78, 5) is 17.0. The second-order valence-corrected chi connectivity index (χ2v) is 7.64. The van der Waals surface area contributed by atoms with E-state index in [9.17, 15) is 4.79 Å². The summed E-state index contributed by atoms with van der Waals surface area (Å²) in [6.07, 6.45) is 1.10. The molecule has 0 unspecified atom stereocenters. The van der Waals surface area contributed by atoms with Crippen molar-refractivity contribution in [3.8, 4) is 5.75 Å². The maximum Gasteiger partial charge on any atom is 0.228 e. The molecular weight excluding hydrogens is 368 g/mol. The van der Waals surface area contributed by atoms with Crippen LogP contribution in [-0.2, 0) is 17.6 Å². The van der Waals surface area contributed by atoms with Gasteiger partial charge >= 0.3 is 0 Å². The Morgan fingerprint density at radius 3 is 2.61 bits per heavy atom. The van der Waals surface area contributed by atoms with Crippen LogP contribution in [0.25, 0.3) is 10.2 Å². The summed E-state index contributed by atoms with van der Waals surface area (Å²) in [5.41, 5.74) is 3.93. The minimum Gasteiger partial charge on any atom is -0.497 e. The molecule has 0 aliphatic heterocycles. The molecule has 4 nitrogen and oxygen atoms in total. The molecule has 0 aliphatic carbocycles. The van der Waals surface area contributed by atoms with Crippen molar-refractivity contribution in [3.63, 3.8) is 0 Å². The van der Waals surface area contributed by atoms with Gasteiger partial charge in [0.15, 0.2) is 0 Å². The molecular formula is C23H20N2O2S. The van der Waals surface area contributed by atoms with Crippen LogP contribution in [0.5, 0.6) is 5.75 Å². The Morgan fingerprint density at radius 1 is 1.00 bits per heavy atom. The lowest BCUT2D eigenvalue weighted by atomic mass is 10.1. The molecule has 1 N–H and O–H groups in total. The molecule has 0 saturated carbocycles. The lowest BCUT2D eigenvalue weighted by Crippen LogP contribution is -2.14. The number of nitrogens with one attached hydrogen (secondary N) is 1. The van der Waals surface area contributed by atoms with Crippen LogP contribution in [0.3, 0.4) is 0 Å². The van der Waals surface area contributed by atoms with E-state index in [0.29, 0.717) is 6.42 Å². The summed E-state index contributed by atoms with van der Waals surface area (Å²) in [5, 5.41) is 4.04. The summed E-state index contributed by atoms with van der Waals surface area (Å²) >= 11 is 1.72. The third kappa shape index (κ3) is 4.38. The number of carbonyl (C=O) groups excluding carboxylic acids is 1. The fourth-order valence-corrected chi connectivity index (χ4v) is 4.05. The van der Waals surface area contributed by atoms with Crippen molar-refractivity contribution < 1.29 is 9.53 Å². The standard InChI is InChI=1S/C23H20N2O2S/c1-27-19-6-4-5-17(13-19)14-22(26)24-18-11-9-16(10-12-18)15-23-25-20-7-2-3-8-21(20)28-23/h2-13H,14-15H2,1H3,(H,24,26). The first-order valence-electron chi connectivity index (χ1n) is 9.06. The highest BCUT2D eigenvalue weighted by atomic mass is 32.1. The Hall–Kier alpha value is -3.18. The normalized spacial score (nSPS) is 10.8. The van der Waals surface area contributed by atoms with Crippen LogP contribution in [-0.4, -0.2) is 18.0 Å². The summed E-state index contributed by atoms with van der Waals surface area (Å²) in [5.74, 6) is 0.705. The van der Waals surface area contributed by atoms with Gasteiger partial charge in [0.25, 0.3) is 0 Å². The van der Waals surface area contributed by atoms with Crippen molar-refractivity contribution >= 4 is 33.1 Å². The molecule has 0 radical (unpaired) electrons.